The number of carbonyl (C=O) groups excluding carboxylic acids is 2. The fourth-order valence-electron chi connectivity index (χ4n) is 4.88. The molecule has 0 heterocycles. The number of benzene rings is 4. The lowest BCUT2D eigenvalue weighted by Crippen LogP contribution is -2.54. The van der Waals surface area contributed by atoms with Crippen LogP contribution in [0.1, 0.15) is 37.0 Å². The van der Waals surface area contributed by atoms with Gasteiger partial charge in [-0.2, -0.15) is 0 Å². The summed E-state index contributed by atoms with van der Waals surface area (Å²) in [5.74, 6) is 0.389. The normalized spacial score (nSPS) is 12.5. The topological polar surface area (TPSA) is 96.0 Å². The van der Waals surface area contributed by atoms with Crippen molar-refractivity contribution in [2.24, 2.45) is 0 Å². The van der Waals surface area contributed by atoms with Crippen LogP contribution in [-0.4, -0.2) is 50.0 Å². The van der Waals surface area contributed by atoms with E-state index < -0.39 is 28.5 Å². The molecule has 0 aromatic heterocycles. The van der Waals surface area contributed by atoms with E-state index in [0.717, 1.165) is 33.7 Å². The molecular weight excluding hydrogens is 586 g/mol. The molecule has 1 N–H and O–H groups in total. The van der Waals surface area contributed by atoms with Gasteiger partial charge in [0.2, 0.25) is 21.8 Å². The summed E-state index contributed by atoms with van der Waals surface area (Å²) < 4.78 is 33.1. The standard InChI is InChI=1S/C36H41N3O5S/c1-5-28(3)37-36(41)34(24-29-15-8-6-9-16-29)38(25-30-17-13-12-14-27(30)2)35(40)26-39(45(4,42)43)31-20-22-33(23-21-31)44-32-18-10-7-11-19-32/h6-23,28,34H,5,24-26H2,1-4H3,(H,37,41)/t28-,34-/m0/s1. The first-order chi connectivity index (χ1) is 21.5. The van der Waals surface area contributed by atoms with Crippen LogP contribution in [0.5, 0.6) is 11.5 Å². The van der Waals surface area contributed by atoms with Crippen LogP contribution in [0.2, 0.25) is 0 Å². The molecule has 8 nitrogen and oxygen atoms in total. The molecule has 2 amide bonds. The van der Waals surface area contributed by atoms with Crippen molar-refractivity contribution in [2.75, 3.05) is 17.1 Å². The maximum Gasteiger partial charge on any atom is 0.244 e. The second kappa shape index (κ2) is 15.4. The molecule has 0 aliphatic carbocycles. The number of carbonyl (C=O) groups is 2. The largest absolute Gasteiger partial charge is 0.457 e. The molecule has 0 saturated heterocycles. The fourth-order valence-corrected chi connectivity index (χ4v) is 5.73. The van der Waals surface area contributed by atoms with Crippen LogP contribution in [0.25, 0.3) is 0 Å². The van der Waals surface area contributed by atoms with Gasteiger partial charge in [-0.25, -0.2) is 8.42 Å². The highest BCUT2D eigenvalue weighted by molar-refractivity contribution is 7.92. The smallest absolute Gasteiger partial charge is 0.244 e. The minimum Gasteiger partial charge on any atom is -0.457 e. The molecule has 0 bridgehead atoms. The molecule has 0 spiro atoms. The van der Waals surface area contributed by atoms with Crippen molar-refractivity contribution in [3.8, 4) is 11.5 Å². The van der Waals surface area contributed by atoms with Gasteiger partial charge in [0.05, 0.1) is 11.9 Å². The third kappa shape index (κ3) is 9.43. The summed E-state index contributed by atoms with van der Waals surface area (Å²) in [5, 5.41) is 3.05. The third-order valence-electron chi connectivity index (χ3n) is 7.66. The Kier molecular flexibility index (Phi) is 11.4. The van der Waals surface area contributed by atoms with E-state index in [2.05, 4.69) is 5.32 Å². The minimum absolute atomic E-state index is 0.102. The second-order valence-corrected chi connectivity index (χ2v) is 13.1. The van der Waals surface area contributed by atoms with Gasteiger partial charge in [-0.05, 0) is 73.4 Å². The number of ether oxygens (including phenoxy) is 1. The van der Waals surface area contributed by atoms with E-state index in [1.807, 2.05) is 106 Å². The molecule has 2 atom stereocenters. The molecule has 0 fully saturated rings. The van der Waals surface area contributed by atoms with Crippen LogP contribution in [0, 0.1) is 6.92 Å². The number of sulfonamides is 1. The Bertz CT molecular complexity index is 1660. The fraction of sp³-hybridized carbons (Fsp3) is 0.278. The first-order valence-electron chi connectivity index (χ1n) is 15.0. The molecule has 0 saturated carbocycles. The molecule has 236 valence electrons. The molecule has 45 heavy (non-hydrogen) atoms. The highest BCUT2D eigenvalue weighted by atomic mass is 32.2. The Morgan fingerprint density at radius 3 is 2.00 bits per heavy atom. The van der Waals surface area contributed by atoms with Gasteiger partial charge >= 0.3 is 0 Å². The Balaban J connectivity index is 1.69. The SMILES string of the molecule is CC[C@H](C)NC(=O)[C@H](Cc1ccccc1)N(Cc1ccccc1C)C(=O)CN(c1ccc(Oc2ccccc2)cc1)S(C)(=O)=O. The average Bonchev–Trinajstić information content (AvgIpc) is 3.03. The minimum atomic E-state index is -3.88. The van der Waals surface area contributed by atoms with Crippen LogP contribution in [0.4, 0.5) is 5.69 Å². The predicted octanol–water partition coefficient (Wildman–Crippen LogP) is 6.11. The quantitative estimate of drug-likeness (QED) is 0.182. The zero-order valence-corrected chi connectivity index (χ0v) is 27.0. The molecule has 4 rings (SSSR count). The van der Waals surface area contributed by atoms with Gasteiger partial charge in [0, 0.05) is 19.0 Å². The first kappa shape index (κ1) is 33.3. The number of aryl methyl sites for hydroxylation is 1. The zero-order valence-electron chi connectivity index (χ0n) is 26.2. The Hall–Kier alpha value is -4.63. The van der Waals surface area contributed by atoms with Gasteiger partial charge < -0.3 is 15.0 Å². The number of nitrogens with one attached hydrogen (secondary N) is 1. The molecule has 4 aromatic carbocycles. The number of anilines is 1. The Morgan fingerprint density at radius 1 is 0.822 bits per heavy atom. The van der Waals surface area contributed by atoms with Gasteiger partial charge in [0.25, 0.3) is 0 Å². The van der Waals surface area contributed by atoms with E-state index in [1.54, 1.807) is 24.3 Å². The van der Waals surface area contributed by atoms with Crippen molar-refractivity contribution in [3.05, 3.63) is 126 Å². The van der Waals surface area contributed by atoms with E-state index in [0.29, 0.717) is 17.2 Å². The molecule has 0 radical (unpaired) electrons. The lowest BCUT2D eigenvalue weighted by Gasteiger charge is -2.34. The van der Waals surface area contributed by atoms with Crippen LogP contribution in [0.15, 0.2) is 109 Å². The van der Waals surface area contributed by atoms with Crippen molar-refractivity contribution in [1.29, 1.82) is 0 Å². The predicted molar refractivity (Wildman–Crippen MR) is 179 cm³/mol. The first-order valence-corrected chi connectivity index (χ1v) is 16.9. The van der Waals surface area contributed by atoms with Crippen molar-refractivity contribution in [1.82, 2.24) is 10.2 Å². The monoisotopic (exact) mass is 627 g/mol. The summed E-state index contributed by atoms with van der Waals surface area (Å²) in [6.07, 6.45) is 2.06. The number of hydrogen-bond donors (Lipinski definition) is 1. The van der Waals surface area contributed by atoms with E-state index in [1.165, 1.54) is 4.90 Å². The Morgan fingerprint density at radius 2 is 1.40 bits per heavy atom. The van der Waals surface area contributed by atoms with Gasteiger partial charge in [-0.15, -0.1) is 0 Å². The molecule has 9 heteroatoms. The lowest BCUT2D eigenvalue weighted by atomic mass is 10.0. The maximum absolute atomic E-state index is 14.3. The molecule has 0 aliphatic rings. The number of para-hydroxylation sites is 1. The van der Waals surface area contributed by atoms with Crippen molar-refractivity contribution < 1.29 is 22.7 Å². The lowest BCUT2D eigenvalue weighted by molar-refractivity contribution is -0.140. The zero-order chi connectivity index (χ0) is 32.4. The van der Waals surface area contributed by atoms with E-state index >= 15 is 0 Å². The molecule has 0 unspecified atom stereocenters. The average molecular weight is 628 g/mol. The van der Waals surface area contributed by atoms with Crippen molar-refractivity contribution in [3.63, 3.8) is 0 Å². The van der Waals surface area contributed by atoms with Crippen LogP contribution in [0.3, 0.4) is 0 Å². The third-order valence-corrected chi connectivity index (χ3v) is 8.80. The van der Waals surface area contributed by atoms with Crippen molar-refractivity contribution in [2.45, 2.75) is 52.2 Å². The van der Waals surface area contributed by atoms with Crippen molar-refractivity contribution >= 4 is 27.5 Å². The summed E-state index contributed by atoms with van der Waals surface area (Å²) in [7, 11) is -3.88. The highest BCUT2D eigenvalue weighted by Gasteiger charge is 2.33. The summed E-state index contributed by atoms with van der Waals surface area (Å²) >= 11 is 0. The van der Waals surface area contributed by atoms with Gasteiger partial charge in [0.15, 0.2) is 0 Å². The number of nitrogens with zero attached hydrogens (tertiary/aromatic N) is 2. The number of hydrogen-bond acceptors (Lipinski definition) is 5. The second-order valence-electron chi connectivity index (χ2n) is 11.2. The van der Waals surface area contributed by atoms with Gasteiger partial charge in [-0.1, -0.05) is 79.7 Å². The van der Waals surface area contributed by atoms with E-state index in [9.17, 15) is 18.0 Å². The number of amides is 2. The van der Waals surface area contributed by atoms with Gasteiger partial charge in [-0.3, -0.25) is 13.9 Å². The molecule has 4 aromatic rings. The summed E-state index contributed by atoms with van der Waals surface area (Å²) in [6, 6.07) is 32.0. The number of rotatable bonds is 14. The van der Waals surface area contributed by atoms with Crippen LogP contribution in [-0.2, 0) is 32.6 Å². The maximum atomic E-state index is 14.3. The summed E-state index contributed by atoms with van der Waals surface area (Å²) in [6.45, 7) is 5.50. The van der Waals surface area contributed by atoms with Crippen LogP contribution >= 0.6 is 0 Å². The molecule has 0 aliphatic heterocycles. The summed E-state index contributed by atoms with van der Waals surface area (Å²) in [5.41, 5.74) is 3.03. The Labute approximate surface area is 266 Å². The summed E-state index contributed by atoms with van der Waals surface area (Å²) in [4.78, 5) is 29.6. The van der Waals surface area contributed by atoms with E-state index in [4.69, 9.17) is 4.74 Å². The van der Waals surface area contributed by atoms with Gasteiger partial charge in [0.1, 0.15) is 24.1 Å². The molecular formula is C36H41N3O5S. The van der Waals surface area contributed by atoms with E-state index in [-0.39, 0.29) is 24.9 Å². The van der Waals surface area contributed by atoms with Crippen LogP contribution < -0.4 is 14.4 Å². The highest BCUT2D eigenvalue weighted by Crippen LogP contribution is 2.26.